The van der Waals surface area contributed by atoms with Crippen LogP contribution in [0.15, 0.2) is 54.9 Å². The lowest BCUT2D eigenvalue weighted by atomic mass is 10.1. The summed E-state index contributed by atoms with van der Waals surface area (Å²) in [6.45, 7) is 1.96. The summed E-state index contributed by atoms with van der Waals surface area (Å²) in [5, 5.41) is 18.5. The second-order valence-corrected chi connectivity index (χ2v) is 6.15. The maximum absolute atomic E-state index is 12.3. The predicted octanol–water partition coefficient (Wildman–Crippen LogP) is 3.67. The first-order chi connectivity index (χ1) is 12.4. The molecule has 1 aromatic heterocycles. The molecule has 0 aliphatic carbocycles. The number of carbonyl (C=O) groups excluding carboxylic acids is 1. The third-order valence-corrected chi connectivity index (χ3v) is 4.10. The van der Waals surface area contributed by atoms with Gasteiger partial charge < -0.3 is 5.32 Å². The Morgan fingerprint density at radius 1 is 1.27 bits per heavy atom. The summed E-state index contributed by atoms with van der Waals surface area (Å²) >= 11 is 5.87. The van der Waals surface area contributed by atoms with Crippen molar-refractivity contribution in [3.8, 4) is 5.69 Å². The lowest BCUT2D eigenvalue weighted by Crippen LogP contribution is -2.23. The number of nitro groups is 1. The molecule has 0 unspecified atom stereocenters. The smallest absolute Gasteiger partial charge is 0.269 e. The number of nitro benzene ring substituents is 1. The fourth-order valence-electron chi connectivity index (χ4n) is 2.48. The number of nitrogens with zero attached hydrogens (tertiary/aromatic N) is 3. The standard InChI is InChI=1S/C18H15ClN4O3/c1-12-8-16(23(25)26)6-7-17(12)18(24)20-9-13-10-21-22(11-13)15-4-2-14(19)3-5-15/h2-8,10-11H,9H2,1H3,(H,20,24). The van der Waals surface area contributed by atoms with Gasteiger partial charge in [0.05, 0.1) is 16.8 Å². The van der Waals surface area contributed by atoms with Gasteiger partial charge in [0.15, 0.2) is 0 Å². The number of hydrogen-bond donors (Lipinski definition) is 1. The lowest BCUT2D eigenvalue weighted by Gasteiger charge is -2.06. The molecule has 1 amide bonds. The number of aryl methyl sites for hydroxylation is 1. The Bertz CT molecular complexity index is 967. The number of amides is 1. The zero-order valence-corrected chi connectivity index (χ0v) is 14.6. The van der Waals surface area contributed by atoms with E-state index in [0.717, 1.165) is 11.3 Å². The van der Waals surface area contributed by atoms with Gasteiger partial charge in [0, 0.05) is 41.0 Å². The zero-order chi connectivity index (χ0) is 18.7. The summed E-state index contributed by atoms with van der Waals surface area (Å²) in [5.74, 6) is -0.295. The molecule has 0 saturated carbocycles. The second-order valence-electron chi connectivity index (χ2n) is 5.71. The van der Waals surface area contributed by atoms with E-state index in [1.54, 1.807) is 29.9 Å². The van der Waals surface area contributed by atoms with Crippen LogP contribution in [0.5, 0.6) is 0 Å². The number of benzene rings is 2. The maximum Gasteiger partial charge on any atom is 0.269 e. The van der Waals surface area contributed by atoms with E-state index in [9.17, 15) is 14.9 Å². The quantitative estimate of drug-likeness (QED) is 0.548. The van der Waals surface area contributed by atoms with Crippen LogP contribution in [-0.4, -0.2) is 20.6 Å². The van der Waals surface area contributed by atoms with Crippen molar-refractivity contribution >= 4 is 23.2 Å². The fourth-order valence-corrected chi connectivity index (χ4v) is 2.61. The van der Waals surface area contributed by atoms with Crippen molar-refractivity contribution in [2.45, 2.75) is 13.5 Å². The molecule has 0 fully saturated rings. The monoisotopic (exact) mass is 370 g/mol. The van der Waals surface area contributed by atoms with Gasteiger partial charge in [-0.3, -0.25) is 14.9 Å². The Kier molecular flexibility index (Phi) is 4.99. The molecule has 0 atom stereocenters. The summed E-state index contributed by atoms with van der Waals surface area (Å²) in [5.41, 5.74) is 2.60. The fraction of sp³-hybridized carbons (Fsp3) is 0.111. The van der Waals surface area contributed by atoms with Crippen LogP contribution in [0.3, 0.4) is 0 Å². The van der Waals surface area contributed by atoms with Crippen LogP contribution in [0.2, 0.25) is 5.02 Å². The molecule has 132 valence electrons. The Hall–Kier alpha value is -3.19. The average molecular weight is 371 g/mol. The first-order valence-electron chi connectivity index (χ1n) is 7.77. The van der Waals surface area contributed by atoms with E-state index >= 15 is 0 Å². The highest BCUT2D eigenvalue weighted by Crippen LogP contribution is 2.17. The van der Waals surface area contributed by atoms with Crippen LogP contribution in [0.4, 0.5) is 5.69 Å². The van der Waals surface area contributed by atoms with Crippen molar-refractivity contribution in [1.29, 1.82) is 0 Å². The molecule has 1 heterocycles. The molecule has 0 aliphatic heterocycles. The highest BCUT2D eigenvalue weighted by molar-refractivity contribution is 6.30. The van der Waals surface area contributed by atoms with Crippen LogP contribution in [0.1, 0.15) is 21.5 Å². The van der Waals surface area contributed by atoms with Gasteiger partial charge in [0.1, 0.15) is 0 Å². The Morgan fingerprint density at radius 2 is 2.00 bits per heavy atom. The topological polar surface area (TPSA) is 90.1 Å². The summed E-state index contributed by atoms with van der Waals surface area (Å²) < 4.78 is 1.69. The average Bonchev–Trinajstić information content (AvgIpc) is 3.09. The van der Waals surface area contributed by atoms with E-state index in [1.165, 1.54) is 18.2 Å². The van der Waals surface area contributed by atoms with Crippen LogP contribution in [0, 0.1) is 17.0 Å². The molecular formula is C18H15ClN4O3. The lowest BCUT2D eigenvalue weighted by molar-refractivity contribution is -0.384. The Labute approximate surface area is 154 Å². The van der Waals surface area contributed by atoms with E-state index in [2.05, 4.69) is 10.4 Å². The SMILES string of the molecule is Cc1cc([N+](=O)[O-])ccc1C(=O)NCc1cnn(-c2ccc(Cl)cc2)c1. The van der Waals surface area contributed by atoms with E-state index in [4.69, 9.17) is 11.6 Å². The number of halogens is 1. The third-order valence-electron chi connectivity index (χ3n) is 3.85. The summed E-state index contributed by atoms with van der Waals surface area (Å²) in [6.07, 6.45) is 3.48. The van der Waals surface area contributed by atoms with Gasteiger partial charge in [-0.15, -0.1) is 0 Å². The highest BCUT2D eigenvalue weighted by atomic mass is 35.5. The molecule has 26 heavy (non-hydrogen) atoms. The molecular weight excluding hydrogens is 356 g/mol. The third kappa shape index (κ3) is 3.89. The van der Waals surface area contributed by atoms with E-state index in [-0.39, 0.29) is 11.6 Å². The normalized spacial score (nSPS) is 10.5. The number of nitrogens with one attached hydrogen (secondary N) is 1. The van der Waals surface area contributed by atoms with E-state index in [1.807, 2.05) is 18.3 Å². The van der Waals surface area contributed by atoms with Gasteiger partial charge in [0.25, 0.3) is 11.6 Å². The van der Waals surface area contributed by atoms with Crippen molar-refractivity contribution in [2.75, 3.05) is 0 Å². The second kappa shape index (κ2) is 7.37. The Morgan fingerprint density at radius 3 is 2.65 bits per heavy atom. The molecule has 1 N–H and O–H groups in total. The van der Waals surface area contributed by atoms with Crippen LogP contribution >= 0.6 is 11.6 Å². The number of aromatic nitrogens is 2. The molecule has 7 nitrogen and oxygen atoms in total. The maximum atomic E-state index is 12.3. The largest absolute Gasteiger partial charge is 0.348 e. The van der Waals surface area contributed by atoms with E-state index < -0.39 is 4.92 Å². The molecule has 8 heteroatoms. The number of non-ortho nitro benzene ring substituents is 1. The molecule has 0 radical (unpaired) electrons. The highest BCUT2D eigenvalue weighted by Gasteiger charge is 2.13. The van der Waals surface area contributed by atoms with Gasteiger partial charge in [-0.2, -0.15) is 5.10 Å². The summed E-state index contributed by atoms with van der Waals surface area (Å²) in [6, 6.07) is 11.4. The minimum absolute atomic E-state index is 0.0386. The number of carbonyl (C=O) groups is 1. The van der Waals surface area contributed by atoms with Crippen molar-refractivity contribution in [3.05, 3.63) is 86.7 Å². The molecule has 0 saturated heterocycles. The zero-order valence-electron chi connectivity index (χ0n) is 13.8. The van der Waals surface area contributed by atoms with Crippen molar-refractivity contribution in [2.24, 2.45) is 0 Å². The molecule has 0 bridgehead atoms. The van der Waals surface area contributed by atoms with Gasteiger partial charge in [-0.25, -0.2) is 4.68 Å². The molecule has 2 aromatic carbocycles. The summed E-state index contributed by atoms with van der Waals surface area (Å²) in [7, 11) is 0. The van der Waals surface area contributed by atoms with Crippen LogP contribution in [-0.2, 0) is 6.54 Å². The van der Waals surface area contributed by atoms with Crippen LogP contribution < -0.4 is 5.32 Å². The summed E-state index contributed by atoms with van der Waals surface area (Å²) in [4.78, 5) is 22.6. The van der Waals surface area contributed by atoms with Gasteiger partial charge in [-0.1, -0.05) is 11.6 Å². The minimum Gasteiger partial charge on any atom is -0.348 e. The Balaban J connectivity index is 1.67. The minimum atomic E-state index is -0.486. The molecule has 0 spiro atoms. The predicted molar refractivity (Wildman–Crippen MR) is 97.6 cm³/mol. The molecule has 3 aromatic rings. The molecule has 0 aliphatic rings. The first-order valence-corrected chi connectivity index (χ1v) is 8.14. The van der Waals surface area contributed by atoms with Crippen LogP contribution in [0.25, 0.3) is 5.69 Å². The number of hydrogen-bond acceptors (Lipinski definition) is 4. The van der Waals surface area contributed by atoms with Gasteiger partial charge >= 0.3 is 0 Å². The van der Waals surface area contributed by atoms with Gasteiger partial charge in [-0.05, 0) is 42.8 Å². The van der Waals surface area contributed by atoms with E-state index in [0.29, 0.717) is 22.7 Å². The number of rotatable bonds is 5. The first kappa shape index (κ1) is 17.6. The van der Waals surface area contributed by atoms with Gasteiger partial charge in [0.2, 0.25) is 0 Å². The molecule has 3 rings (SSSR count). The van der Waals surface area contributed by atoms with Crippen molar-refractivity contribution in [1.82, 2.24) is 15.1 Å². The van der Waals surface area contributed by atoms with Crippen molar-refractivity contribution < 1.29 is 9.72 Å². The van der Waals surface area contributed by atoms with Crippen molar-refractivity contribution in [3.63, 3.8) is 0 Å².